The molecule has 0 spiro atoms. The van der Waals surface area contributed by atoms with Crippen molar-refractivity contribution < 1.29 is 9.53 Å². The molecule has 26 heavy (non-hydrogen) atoms. The number of aliphatic imine (C=N–C) groups is 1. The third-order valence-corrected chi connectivity index (χ3v) is 4.85. The molecule has 1 rings (SSSR count). The summed E-state index contributed by atoms with van der Waals surface area (Å²) in [5, 5.41) is 9.34. The molecule has 1 saturated carbocycles. The summed E-state index contributed by atoms with van der Waals surface area (Å²) in [4.78, 5) is 16.5. The van der Waals surface area contributed by atoms with E-state index in [-0.39, 0.29) is 29.9 Å². The van der Waals surface area contributed by atoms with Gasteiger partial charge in [0.05, 0.1) is 18.1 Å². The summed E-state index contributed by atoms with van der Waals surface area (Å²) in [5.74, 6) is 1.47. The molecule has 0 aromatic carbocycles. The highest BCUT2D eigenvalue weighted by molar-refractivity contribution is 14.0. The molecule has 1 unspecified atom stereocenters. The molecule has 0 saturated heterocycles. The number of rotatable bonds is 10. The first-order valence-corrected chi connectivity index (χ1v) is 9.80. The highest BCUT2D eigenvalue weighted by atomic mass is 127. The van der Waals surface area contributed by atoms with Crippen molar-refractivity contribution in [3.63, 3.8) is 0 Å². The van der Waals surface area contributed by atoms with Crippen LogP contribution in [0.5, 0.6) is 0 Å². The van der Waals surface area contributed by atoms with E-state index in [0.717, 1.165) is 32.1 Å². The Morgan fingerprint density at radius 2 is 1.88 bits per heavy atom. The summed E-state index contributed by atoms with van der Waals surface area (Å²) >= 11 is 0. The SMILES string of the molecule is CCNC(=NCC(C)(C)C(=O)NC)NCCC(OCC)C1CCCC1.I. The van der Waals surface area contributed by atoms with Gasteiger partial charge in [0.1, 0.15) is 0 Å². The molecule has 0 aliphatic heterocycles. The summed E-state index contributed by atoms with van der Waals surface area (Å²) in [7, 11) is 1.66. The number of hydrogen-bond acceptors (Lipinski definition) is 3. The van der Waals surface area contributed by atoms with Gasteiger partial charge in [-0.15, -0.1) is 24.0 Å². The fourth-order valence-electron chi connectivity index (χ4n) is 3.36. The Labute approximate surface area is 176 Å². The van der Waals surface area contributed by atoms with E-state index in [4.69, 9.17) is 4.74 Å². The van der Waals surface area contributed by atoms with E-state index in [1.807, 2.05) is 20.8 Å². The number of carbonyl (C=O) groups is 1. The highest BCUT2D eigenvalue weighted by Crippen LogP contribution is 2.30. The Hall–Kier alpha value is -0.570. The van der Waals surface area contributed by atoms with Gasteiger partial charge in [-0.3, -0.25) is 9.79 Å². The van der Waals surface area contributed by atoms with Crippen LogP contribution in [0.25, 0.3) is 0 Å². The molecular formula is C19H39IN4O2. The monoisotopic (exact) mass is 482 g/mol. The summed E-state index contributed by atoms with van der Waals surface area (Å²) in [6, 6.07) is 0. The standard InChI is InChI=1S/C19H38N4O2.HI/c1-6-21-18(23-14-19(3,4)17(24)20-5)22-13-12-16(25-7-2)15-10-8-9-11-15;/h15-16H,6-14H2,1-5H3,(H,20,24)(H2,21,22,23);1H. The maximum atomic E-state index is 11.9. The van der Waals surface area contributed by atoms with Gasteiger partial charge in [0.15, 0.2) is 5.96 Å². The minimum absolute atomic E-state index is 0. The lowest BCUT2D eigenvalue weighted by molar-refractivity contribution is -0.128. The highest BCUT2D eigenvalue weighted by Gasteiger charge is 2.27. The number of carbonyl (C=O) groups excluding carboxylic acids is 1. The Kier molecular flexibility index (Phi) is 13.3. The first kappa shape index (κ1) is 25.4. The number of halogens is 1. The number of hydrogen-bond donors (Lipinski definition) is 3. The van der Waals surface area contributed by atoms with Gasteiger partial charge in [-0.1, -0.05) is 12.8 Å². The third kappa shape index (κ3) is 8.88. The second-order valence-electron chi connectivity index (χ2n) is 7.41. The van der Waals surface area contributed by atoms with Crippen molar-refractivity contribution in [1.82, 2.24) is 16.0 Å². The average molecular weight is 482 g/mol. The molecule has 1 aliphatic rings. The molecule has 154 valence electrons. The lowest BCUT2D eigenvalue weighted by Gasteiger charge is -2.24. The van der Waals surface area contributed by atoms with Crippen LogP contribution >= 0.6 is 24.0 Å². The molecule has 7 heteroatoms. The van der Waals surface area contributed by atoms with E-state index >= 15 is 0 Å². The fourth-order valence-corrected chi connectivity index (χ4v) is 3.36. The van der Waals surface area contributed by atoms with Crippen molar-refractivity contribution in [3.05, 3.63) is 0 Å². The van der Waals surface area contributed by atoms with Gasteiger partial charge in [0, 0.05) is 26.7 Å². The number of nitrogens with one attached hydrogen (secondary N) is 3. The van der Waals surface area contributed by atoms with Crippen molar-refractivity contribution in [1.29, 1.82) is 0 Å². The van der Waals surface area contributed by atoms with Crippen LogP contribution in [-0.4, -0.2) is 51.3 Å². The van der Waals surface area contributed by atoms with Gasteiger partial charge in [-0.05, 0) is 52.9 Å². The molecule has 1 atom stereocenters. The van der Waals surface area contributed by atoms with E-state index in [1.54, 1.807) is 7.05 Å². The largest absolute Gasteiger partial charge is 0.378 e. The zero-order chi connectivity index (χ0) is 18.7. The predicted octanol–water partition coefficient (Wildman–Crippen LogP) is 2.92. The van der Waals surface area contributed by atoms with E-state index in [1.165, 1.54) is 25.7 Å². The molecule has 0 aromatic rings. The van der Waals surface area contributed by atoms with Crippen LogP contribution in [-0.2, 0) is 9.53 Å². The zero-order valence-corrected chi connectivity index (χ0v) is 19.5. The summed E-state index contributed by atoms with van der Waals surface area (Å²) in [6.45, 7) is 10.8. The average Bonchev–Trinajstić information content (AvgIpc) is 3.12. The normalized spacial score (nSPS) is 16.7. The first-order valence-electron chi connectivity index (χ1n) is 9.80. The predicted molar refractivity (Wildman–Crippen MR) is 119 cm³/mol. The van der Waals surface area contributed by atoms with Crippen LogP contribution < -0.4 is 16.0 Å². The lowest BCUT2D eigenvalue weighted by atomic mass is 9.93. The Balaban J connectivity index is 0.00000625. The topological polar surface area (TPSA) is 74.8 Å². The molecule has 0 radical (unpaired) electrons. The Bertz CT molecular complexity index is 424. The summed E-state index contributed by atoms with van der Waals surface area (Å²) in [6.07, 6.45) is 6.57. The van der Waals surface area contributed by atoms with Crippen LogP contribution in [0.1, 0.15) is 59.8 Å². The number of ether oxygens (including phenoxy) is 1. The number of amides is 1. The maximum absolute atomic E-state index is 11.9. The lowest BCUT2D eigenvalue weighted by Crippen LogP contribution is -2.42. The van der Waals surface area contributed by atoms with Crippen molar-refractivity contribution in [2.75, 3.05) is 33.3 Å². The Morgan fingerprint density at radius 1 is 1.23 bits per heavy atom. The van der Waals surface area contributed by atoms with Crippen molar-refractivity contribution in [2.24, 2.45) is 16.3 Å². The van der Waals surface area contributed by atoms with E-state index in [2.05, 4.69) is 27.9 Å². The minimum Gasteiger partial charge on any atom is -0.378 e. The Morgan fingerprint density at radius 3 is 2.42 bits per heavy atom. The molecule has 0 bridgehead atoms. The van der Waals surface area contributed by atoms with Crippen molar-refractivity contribution in [2.45, 2.75) is 65.9 Å². The number of nitrogens with zero attached hydrogens (tertiary/aromatic N) is 1. The van der Waals surface area contributed by atoms with E-state index in [9.17, 15) is 4.79 Å². The van der Waals surface area contributed by atoms with E-state index in [0.29, 0.717) is 18.6 Å². The van der Waals surface area contributed by atoms with Crippen molar-refractivity contribution in [3.8, 4) is 0 Å². The molecule has 0 heterocycles. The molecule has 6 nitrogen and oxygen atoms in total. The molecule has 1 fully saturated rings. The van der Waals surface area contributed by atoms with Crippen LogP contribution in [0.4, 0.5) is 0 Å². The fraction of sp³-hybridized carbons (Fsp3) is 0.895. The van der Waals surface area contributed by atoms with Gasteiger partial charge in [0.2, 0.25) is 5.91 Å². The molecule has 1 amide bonds. The second-order valence-corrected chi connectivity index (χ2v) is 7.41. The zero-order valence-electron chi connectivity index (χ0n) is 17.2. The van der Waals surface area contributed by atoms with Crippen LogP contribution in [0.15, 0.2) is 4.99 Å². The van der Waals surface area contributed by atoms with Gasteiger partial charge >= 0.3 is 0 Å². The quantitative estimate of drug-likeness (QED) is 0.254. The minimum atomic E-state index is -0.519. The van der Waals surface area contributed by atoms with Crippen LogP contribution in [0.3, 0.4) is 0 Å². The van der Waals surface area contributed by atoms with Gasteiger partial charge < -0.3 is 20.7 Å². The van der Waals surface area contributed by atoms with Crippen LogP contribution in [0, 0.1) is 11.3 Å². The molecule has 3 N–H and O–H groups in total. The van der Waals surface area contributed by atoms with Gasteiger partial charge in [-0.25, -0.2) is 0 Å². The van der Waals surface area contributed by atoms with Gasteiger partial charge in [0.25, 0.3) is 0 Å². The van der Waals surface area contributed by atoms with E-state index < -0.39 is 5.41 Å². The molecule has 0 aromatic heterocycles. The smallest absolute Gasteiger partial charge is 0.227 e. The molecular weight excluding hydrogens is 443 g/mol. The number of guanidine groups is 1. The maximum Gasteiger partial charge on any atom is 0.227 e. The first-order chi connectivity index (χ1) is 11.9. The van der Waals surface area contributed by atoms with Crippen molar-refractivity contribution >= 4 is 35.8 Å². The van der Waals surface area contributed by atoms with Gasteiger partial charge in [-0.2, -0.15) is 0 Å². The summed E-state index contributed by atoms with van der Waals surface area (Å²) in [5.41, 5.74) is -0.519. The summed E-state index contributed by atoms with van der Waals surface area (Å²) < 4.78 is 5.97. The third-order valence-electron chi connectivity index (χ3n) is 4.85. The second kappa shape index (κ2) is 13.6. The van der Waals surface area contributed by atoms with Crippen LogP contribution in [0.2, 0.25) is 0 Å². The molecule has 1 aliphatic carbocycles.